The van der Waals surface area contributed by atoms with Crippen molar-refractivity contribution in [3.05, 3.63) is 72.6 Å². The van der Waals surface area contributed by atoms with Gasteiger partial charge in [-0.25, -0.2) is 4.68 Å². The van der Waals surface area contributed by atoms with Crippen molar-refractivity contribution in [2.24, 2.45) is 0 Å². The highest BCUT2D eigenvalue weighted by Crippen LogP contribution is 2.36. The van der Waals surface area contributed by atoms with Crippen LogP contribution in [0.5, 0.6) is 5.75 Å². The second-order valence-electron chi connectivity index (χ2n) is 6.40. The van der Waals surface area contributed by atoms with Crippen LogP contribution in [0, 0.1) is 0 Å². The van der Waals surface area contributed by atoms with Crippen LogP contribution in [-0.2, 0) is 0 Å². The number of tetrazole rings is 1. The van der Waals surface area contributed by atoms with Gasteiger partial charge < -0.3 is 14.5 Å². The van der Waals surface area contributed by atoms with Crippen LogP contribution in [0.15, 0.2) is 71.4 Å². The van der Waals surface area contributed by atoms with Gasteiger partial charge in [-0.1, -0.05) is 18.2 Å². The molecule has 0 saturated heterocycles. The number of para-hydroxylation sites is 1. The van der Waals surface area contributed by atoms with Crippen molar-refractivity contribution in [1.29, 1.82) is 0 Å². The van der Waals surface area contributed by atoms with Gasteiger partial charge in [-0.2, -0.15) is 0 Å². The number of hydrogen-bond donors (Lipinski definition) is 1. The number of nitrogens with one attached hydrogen (secondary N) is 1. The van der Waals surface area contributed by atoms with Gasteiger partial charge in [0.15, 0.2) is 0 Å². The first-order valence-electron chi connectivity index (χ1n) is 8.87. The lowest BCUT2D eigenvalue weighted by Crippen LogP contribution is -2.12. The SMILES string of the molecule is COc1cc2c(cc1NC(=O)c1ccc(-n3cnnn3)cc1)oc1ccccc12. The van der Waals surface area contributed by atoms with Crippen LogP contribution in [-0.4, -0.2) is 33.2 Å². The van der Waals surface area contributed by atoms with Crippen molar-refractivity contribution in [3.8, 4) is 11.4 Å². The van der Waals surface area contributed by atoms with Gasteiger partial charge in [-0.05, 0) is 46.8 Å². The lowest BCUT2D eigenvalue weighted by molar-refractivity contribution is 0.102. The minimum Gasteiger partial charge on any atom is -0.495 e. The molecule has 5 rings (SSSR count). The average molecular weight is 385 g/mol. The smallest absolute Gasteiger partial charge is 0.255 e. The molecular weight excluding hydrogens is 370 g/mol. The number of carbonyl (C=O) groups is 1. The summed E-state index contributed by atoms with van der Waals surface area (Å²) in [7, 11) is 1.57. The third-order valence-corrected chi connectivity index (χ3v) is 4.69. The normalized spacial score (nSPS) is 11.1. The molecule has 1 amide bonds. The first-order chi connectivity index (χ1) is 14.2. The highest BCUT2D eigenvalue weighted by molar-refractivity contribution is 6.10. The summed E-state index contributed by atoms with van der Waals surface area (Å²) in [4.78, 5) is 12.7. The summed E-state index contributed by atoms with van der Waals surface area (Å²) in [5.41, 5.74) is 3.25. The average Bonchev–Trinajstić information content (AvgIpc) is 3.41. The van der Waals surface area contributed by atoms with Gasteiger partial charge in [0, 0.05) is 22.4 Å². The van der Waals surface area contributed by atoms with Gasteiger partial charge in [-0.3, -0.25) is 4.79 Å². The van der Waals surface area contributed by atoms with E-state index in [0.29, 0.717) is 22.6 Å². The summed E-state index contributed by atoms with van der Waals surface area (Å²) in [6, 6.07) is 18.4. The minimum atomic E-state index is -0.262. The Kier molecular flexibility index (Phi) is 3.94. The molecule has 29 heavy (non-hydrogen) atoms. The molecule has 5 aromatic rings. The van der Waals surface area contributed by atoms with Crippen molar-refractivity contribution < 1.29 is 13.9 Å². The number of furan rings is 1. The zero-order valence-electron chi connectivity index (χ0n) is 15.4. The number of methoxy groups -OCH3 is 1. The second-order valence-corrected chi connectivity index (χ2v) is 6.40. The maximum absolute atomic E-state index is 12.7. The Hall–Kier alpha value is -4.20. The molecule has 8 heteroatoms. The van der Waals surface area contributed by atoms with Crippen molar-refractivity contribution in [1.82, 2.24) is 20.2 Å². The van der Waals surface area contributed by atoms with E-state index in [0.717, 1.165) is 22.0 Å². The van der Waals surface area contributed by atoms with Crippen LogP contribution < -0.4 is 10.1 Å². The molecule has 0 fully saturated rings. The maximum Gasteiger partial charge on any atom is 0.255 e. The molecule has 3 aromatic carbocycles. The lowest BCUT2D eigenvalue weighted by Gasteiger charge is -2.10. The minimum absolute atomic E-state index is 0.262. The number of rotatable bonds is 4. The first-order valence-corrected chi connectivity index (χ1v) is 8.87. The molecule has 2 heterocycles. The van der Waals surface area contributed by atoms with E-state index in [1.807, 2.05) is 30.3 Å². The third kappa shape index (κ3) is 2.96. The zero-order chi connectivity index (χ0) is 19.8. The number of nitrogens with zero attached hydrogens (tertiary/aromatic N) is 4. The number of amides is 1. The van der Waals surface area contributed by atoms with E-state index in [1.54, 1.807) is 37.4 Å². The summed E-state index contributed by atoms with van der Waals surface area (Å²) in [5, 5.41) is 15.9. The fraction of sp³-hybridized carbons (Fsp3) is 0.0476. The van der Waals surface area contributed by atoms with Crippen LogP contribution >= 0.6 is 0 Å². The topological polar surface area (TPSA) is 95.1 Å². The summed E-state index contributed by atoms with van der Waals surface area (Å²) in [6.07, 6.45) is 1.49. The maximum atomic E-state index is 12.7. The van der Waals surface area contributed by atoms with Crippen molar-refractivity contribution >= 4 is 33.5 Å². The summed E-state index contributed by atoms with van der Waals surface area (Å²) in [6.45, 7) is 0. The number of ether oxygens (including phenoxy) is 1. The lowest BCUT2D eigenvalue weighted by atomic mass is 10.1. The Morgan fingerprint density at radius 3 is 2.62 bits per heavy atom. The predicted molar refractivity (Wildman–Crippen MR) is 107 cm³/mol. The number of benzene rings is 3. The number of carbonyl (C=O) groups excluding carboxylic acids is 1. The van der Waals surface area contributed by atoms with Crippen molar-refractivity contribution in [2.45, 2.75) is 0 Å². The molecule has 1 N–H and O–H groups in total. The molecule has 0 aliphatic heterocycles. The Morgan fingerprint density at radius 1 is 1.03 bits per heavy atom. The fourth-order valence-corrected chi connectivity index (χ4v) is 3.26. The van der Waals surface area contributed by atoms with Gasteiger partial charge in [0.05, 0.1) is 18.5 Å². The summed E-state index contributed by atoms with van der Waals surface area (Å²) in [5.74, 6) is 0.296. The number of fused-ring (bicyclic) bond motifs is 3. The van der Waals surface area contributed by atoms with Gasteiger partial charge in [-0.15, -0.1) is 5.10 Å². The van der Waals surface area contributed by atoms with Gasteiger partial charge in [0.1, 0.15) is 23.2 Å². The highest BCUT2D eigenvalue weighted by Gasteiger charge is 2.15. The van der Waals surface area contributed by atoms with Crippen LogP contribution in [0.2, 0.25) is 0 Å². The molecule has 0 saturated carbocycles. The number of anilines is 1. The largest absolute Gasteiger partial charge is 0.495 e. The van der Waals surface area contributed by atoms with Crippen molar-refractivity contribution in [2.75, 3.05) is 12.4 Å². The Labute approximate surface area is 164 Å². The Bertz CT molecular complexity index is 1320. The standard InChI is InChI=1S/C21H15N5O3/c1-28-20-10-16-15-4-2-3-5-18(15)29-19(16)11-17(20)23-21(27)13-6-8-14(9-7-13)26-12-22-24-25-26/h2-12H,1H3,(H,23,27). The fourth-order valence-electron chi connectivity index (χ4n) is 3.26. The van der Waals surface area contributed by atoms with E-state index >= 15 is 0 Å². The molecule has 0 aliphatic rings. The number of hydrogen-bond acceptors (Lipinski definition) is 6. The third-order valence-electron chi connectivity index (χ3n) is 4.69. The molecule has 142 valence electrons. The van der Waals surface area contributed by atoms with Gasteiger partial charge >= 0.3 is 0 Å². The van der Waals surface area contributed by atoms with E-state index in [2.05, 4.69) is 20.8 Å². The zero-order valence-corrected chi connectivity index (χ0v) is 15.4. The van der Waals surface area contributed by atoms with E-state index in [9.17, 15) is 4.79 Å². The van der Waals surface area contributed by atoms with E-state index in [1.165, 1.54) is 11.0 Å². The molecule has 8 nitrogen and oxygen atoms in total. The van der Waals surface area contributed by atoms with Crippen LogP contribution in [0.3, 0.4) is 0 Å². The molecule has 0 bridgehead atoms. The van der Waals surface area contributed by atoms with Gasteiger partial charge in [0.2, 0.25) is 0 Å². The van der Waals surface area contributed by atoms with Crippen LogP contribution in [0.1, 0.15) is 10.4 Å². The Balaban J connectivity index is 1.47. The van der Waals surface area contributed by atoms with Crippen molar-refractivity contribution in [3.63, 3.8) is 0 Å². The van der Waals surface area contributed by atoms with E-state index in [4.69, 9.17) is 9.15 Å². The van der Waals surface area contributed by atoms with E-state index in [-0.39, 0.29) is 5.91 Å². The van der Waals surface area contributed by atoms with E-state index < -0.39 is 0 Å². The predicted octanol–water partition coefficient (Wildman–Crippen LogP) is 3.82. The van der Waals surface area contributed by atoms with Crippen LogP contribution in [0.25, 0.3) is 27.6 Å². The van der Waals surface area contributed by atoms with Crippen LogP contribution in [0.4, 0.5) is 5.69 Å². The van der Waals surface area contributed by atoms with Gasteiger partial charge in [0.25, 0.3) is 5.91 Å². The molecule has 0 aliphatic carbocycles. The number of aromatic nitrogens is 4. The monoisotopic (exact) mass is 385 g/mol. The highest BCUT2D eigenvalue weighted by atomic mass is 16.5. The molecule has 0 atom stereocenters. The quantitative estimate of drug-likeness (QED) is 0.505. The molecule has 0 unspecified atom stereocenters. The Morgan fingerprint density at radius 2 is 1.86 bits per heavy atom. The second kappa shape index (κ2) is 6.75. The molecular formula is C21H15N5O3. The molecule has 0 spiro atoms. The first kappa shape index (κ1) is 16.9. The summed E-state index contributed by atoms with van der Waals surface area (Å²) < 4.78 is 12.9. The summed E-state index contributed by atoms with van der Waals surface area (Å²) >= 11 is 0. The molecule has 0 radical (unpaired) electrons. The molecule has 2 aromatic heterocycles.